The average Bonchev–Trinajstić information content (AvgIpc) is 2.51. The maximum atomic E-state index is 12.5. The molecule has 1 fully saturated rings. The van der Waals surface area contributed by atoms with E-state index in [9.17, 15) is 4.79 Å². The first kappa shape index (κ1) is 15.8. The summed E-state index contributed by atoms with van der Waals surface area (Å²) in [6.07, 6.45) is 6.30. The van der Waals surface area contributed by atoms with E-state index in [1.165, 1.54) is 32.1 Å². The quantitative estimate of drug-likeness (QED) is 0.818. The van der Waals surface area contributed by atoms with Gasteiger partial charge in [0.05, 0.1) is 17.4 Å². The molecule has 0 aromatic heterocycles. The highest BCUT2D eigenvalue weighted by Gasteiger charge is 2.28. The molecule has 0 spiro atoms. The van der Waals surface area contributed by atoms with Crippen molar-refractivity contribution >= 4 is 17.3 Å². The molecule has 1 aromatic carbocycles. The summed E-state index contributed by atoms with van der Waals surface area (Å²) >= 11 is 0. The van der Waals surface area contributed by atoms with E-state index in [4.69, 9.17) is 5.73 Å². The summed E-state index contributed by atoms with van der Waals surface area (Å²) in [6, 6.07) is 7.82. The van der Waals surface area contributed by atoms with Crippen LogP contribution >= 0.6 is 0 Å². The molecule has 1 aromatic rings. The van der Waals surface area contributed by atoms with Crippen molar-refractivity contribution in [1.82, 2.24) is 4.90 Å². The van der Waals surface area contributed by atoms with Gasteiger partial charge in [-0.2, -0.15) is 0 Å². The number of hydrogen-bond donors (Lipinski definition) is 2. The fraction of sp³-hybridized carbons (Fsp3) is 0.588. The molecule has 0 radical (unpaired) electrons. The SMILES string of the molecule is CCN(C1CCCCC1)C(C)C(=O)Nc1ccccc1N. The third-order valence-electron chi connectivity index (χ3n) is 4.50. The van der Waals surface area contributed by atoms with E-state index in [2.05, 4.69) is 17.1 Å². The Balaban J connectivity index is 2.01. The maximum absolute atomic E-state index is 12.5. The minimum atomic E-state index is -0.127. The van der Waals surface area contributed by atoms with Crippen LogP contribution in [0.4, 0.5) is 11.4 Å². The van der Waals surface area contributed by atoms with Crippen molar-refractivity contribution in [2.45, 2.75) is 58.0 Å². The predicted molar refractivity (Wildman–Crippen MR) is 88.2 cm³/mol. The Morgan fingerprint density at radius 1 is 1.33 bits per heavy atom. The molecule has 1 aliphatic carbocycles. The minimum Gasteiger partial charge on any atom is -0.397 e. The zero-order valence-electron chi connectivity index (χ0n) is 13.1. The Morgan fingerprint density at radius 2 is 2.00 bits per heavy atom. The first-order chi connectivity index (χ1) is 10.1. The predicted octanol–water partition coefficient (Wildman–Crippen LogP) is 3.25. The van der Waals surface area contributed by atoms with Crippen LogP contribution in [-0.2, 0) is 4.79 Å². The van der Waals surface area contributed by atoms with Crippen LogP contribution in [0, 0.1) is 0 Å². The van der Waals surface area contributed by atoms with Crippen LogP contribution in [0.15, 0.2) is 24.3 Å². The number of benzene rings is 1. The summed E-state index contributed by atoms with van der Waals surface area (Å²) in [5, 5.41) is 2.96. The van der Waals surface area contributed by atoms with E-state index in [1.54, 1.807) is 6.07 Å². The number of likely N-dealkylation sites (N-methyl/N-ethyl adjacent to an activating group) is 1. The standard InChI is InChI=1S/C17H27N3O/c1-3-20(14-9-5-4-6-10-14)13(2)17(21)19-16-12-8-7-11-15(16)18/h7-8,11-14H,3-6,9-10,18H2,1-2H3,(H,19,21). The number of nitrogens with zero attached hydrogens (tertiary/aromatic N) is 1. The van der Waals surface area contributed by atoms with Crippen molar-refractivity contribution in [1.29, 1.82) is 0 Å². The zero-order valence-corrected chi connectivity index (χ0v) is 13.1. The second-order valence-corrected chi connectivity index (χ2v) is 5.87. The second-order valence-electron chi connectivity index (χ2n) is 5.87. The molecule has 0 bridgehead atoms. The monoisotopic (exact) mass is 289 g/mol. The Labute approximate surface area is 127 Å². The van der Waals surface area contributed by atoms with Crippen molar-refractivity contribution in [3.05, 3.63) is 24.3 Å². The number of nitrogens with two attached hydrogens (primary N) is 1. The van der Waals surface area contributed by atoms with E-state index >= 15 is 0 Å². The van der Waals surface area contributed by atoms with Crippen molar-refractivity contribution in [3.8, 4) is 0 Å². The van der Waals surface area contributed by atoms with Gasteiger partial charge in [-0.15, -0.1) is 0 Å². The molecule has 2 rings (SSSR count). The third-order valence-corrected chi connectivity index (χ3v) is 4.50. The number of anilines is 2. The fourth-order valence-corrected chi connectivity index (χ4v) is 3.26. The number of carbonyl (C=O) groups is 1. The van der Waals surface area contributed by atoms with E-state index in [-0.39, 0.29) is 11.9 Å². The molecule has 116 valence electrons. The number of carbonyl (C=O) groups excluding carboxylic acids is 1. The Morgan fingerprint density at radius 3 is 2.62 bits per heavy atom. The smallest absolute Gasteiger partial charge is 0.241 e. The zero-order chi connectivity index (χ0) is 15.2. The van der Waals surface area contributed by atoms with Crippen molar-refractivity contribution in [3.63, 3.8) is 0 Å². The number of rotatable bonds is 5. The first-order valence-corrected chi connectivity index (χ1v) is 8.04. The van der Waals surface area contributed by atoms with E-state index in [0.717, 1.165) is 6.54 Å². The van der Waals surface area contributed by atoms with E-state index < -0.39 is 0 Å². The summed E-state index contributed by atoms with van der Waals surface area (Å²) in [4.78, 5) is 14.8. The lowest BCUT2D eigenvalue weighted by Gasteiger charge is -2.37. The van der Waals surface area contributed by atoms with Crippen molar-refractivity contribution in [2.24, 2.45) is 0 Å². The van der Waals surface area contributed by atoms with Gasteiger partial charge in [0.15, 0.2) is 0 Å². The van der Waals surface area contributed by atoms with Crippen LogP contribution in [0.1, 0.15) is 46.0 Å². The van der Waals surface area contributed by atoms with Gasteiger partial charge in [0.1, 0.15) is 0 Å². The Hall–Kier alpha value is -1.55. The molecule has 0 saturated heterocycles. The van der Waals surface area contributed by atoms with Gasteiger partial charge in [-0.25, -0.2) is 0 Å². The molecule has 4 heteroatoms. The van der Waals surface area contributed by atoms with Gasteiger partial charge in [-0.3, -0.25) is 9.69 Å². The molecule has 0 heterocycles. The molecule has 0 aliphatic heterocycles. The minimum absolute atomic E-state index is 0.0281. The Kier molecular flexibility index (Phi) is 5.62. The van der Waals surface area contributed by atoms with E-state index in [1.807, 2.05) is 25.1 Å². The van der Waals surface area contributed by atoms with Crippen LogP contribution in [-0.4, -0.2) is 29.4 Å². The van der Waals surface area contributed by atoms with Gasteiger partial charge in [-0.1, -0.05) is 38.3 Å². The van der Waals surface area contributed by atoms with Gasteiger partial charge in [0, 0.05) is 6.04 Å². The number of nitrogens with one attached hydrogen (secondary N) is 1. The molecule has 21 heavy (non-hydrogen) atoms. The Bertz CT molecular complexity index is 469. The molecule has 1 saturated carbocycles. The van der Waals surface area contributed by atoms with Crippen LogP contribution in [0.25, 0.3) is 0 Å². The van der Waals surface area contributed by atoms with Crippen LogP contribution in [0.5, 0.6) is 0 Å². The van der Waals surface area contributed by atoms with Crippen LogP contribution in [0.3, 0.4) is 0 Å². The van der Waals surface area contributed by atoms with Gasteiger partial charge in [-0.05, 0) is 38.4 Å². The second kappa shape index (κ2) is 7.46. The maximum Gasteiger partial charge on any atom is 0.241 e. The third kappa shape index (κ3) is 3.97. The van der Waals surface area contributed by atoms with Gasteiger partial charge in [0.2, 0.25) is 5.91 Å². The molecule has 1 amide bonds. The number of para-hydroxylation sites is 2. The summed E-state index contributed by atoms with van der Waals surface area (Å²) in [6.45, 7) is 5.03. The van der Waals surface area contributed by atoms with Crippen molar-refractivity contribution < 1.29 is 4.79 Å². The van der Waals surface area contributed by atoms with Gasteiger partial charge >= 0.3 is 0 Å². The summed E-state index contributed by atoms with van der Waals surface area (Å²) in [7, 11) is 0. The highest BCUT2D eigenvalue weighted by atomic mass is 16.2. The average molecular weight is 289 g/mol. The lowest BCUT2D eigenvalue weighted by molar-refractivity contribution is -0.121. The van der Waals surface area contributed by atoms with Crippen LogP contribution in [0.2, 0.25) is 0 Å². The first-order valence-electron chi connectivity index (χ1n) is 8.04. The molecule has 1 atom stereocenters. The number of hydrogen-bond acceptors (Lipinski definition) is 3. The van der Waals surface area contributed by atoms with Crippen molar-refractivity contribution in [2.75, 3.05) is 17.6 Å². The molecular formula is C17H27N3O. The molecule has 3 N–H and O–H groups in total. The summed E-state index contributed by atoms with van der Waals surface area (Å²) < 4.78 is 0. The lowest BCUT2D eigenvalue weighted by atomic mass is 9.93. The van der Waals surface area contributed by atoms with Gasteiger partial charge < -0.3 is 11.1 Å². The highest BCUT2D eigenvalue weighted by molar-refractivity contribution is 5.97. The molecule has 1 aliphatic rings. The number of nitrogen functional groups attached to an aromatic ring is 1. The summed E-state index contributed by atoms with van der Waals surface area (Å²) in [5.41, 5.74) is 7.20. The van der Waals surface area contributed by atoms with Gasteiger partial charge in [0.25, 0.3) is 0 Å². The summed E-state index contributed by atoms with van der Waals surface area (Å²) in [5.74, 6) is 0.0281. The molecule has 1 unspecified atom stereocenters. The van der Waals surface area contributed by atoms with Crippen LogP contribution < -0.4 is 11.1 Å². The molecular weight excluding hydrogens is 262 g/mol. The molecule has 4 nitrogen and oxygen atoms in total. The normalized spacial score (nSPS) is 17.7. The lowest BCUT2D eigenvalue weighted by Crippen LogP contribution is -2.48. The topological polar surface area (TPSA) is 58.4 Å². The largest absolute Gasteiger partial charge is 0.397 e. The fourth-order valence-electron chi connectivity index (χ4n) is 3.26. The number of amides is 1. The highest BCUT2D eigenvalue weighted by Crippen LogP contribution is 2.25. The van der Waals surface area contributed by atoms with E-state index in [0.29, 0.717) is 17.4 Å².